The molecule has 24 heavy (non-hydrogen) atoms. The van der Waals surface area contributed by atoms with Crippen LogP contribution in [0.15, 0.2) is 42.5 Å². The number of aryl methyl sites for hydroxylation is 1. The van der Waals surface area contributed by atoms with Gasteiger partial charge in [0.05, 0.1) is 18.8 Å². The van der Waals surface area contributed by atoms with Crippen molar-refractivity contribution in [1.29, 1.82) is 0 Å². The number of rotatable bonds is 3. The van der Waals surface area contributed by atoms with E-state index in [1.807, 2.05) is 26.0 Å². The van der Waals surface area contributed by atoms with Crippen molar-refractivity contribution < 1.29 is 23.4 Å². The summed E-state index contributed by atoms with van der Waals surface area (Å²) in [6.07, 6.45) is -0.599. The zero-order chi connectivity index (χ0) is 17.1. The third-order valence-electron chi connectivity index (χ3n) is 3.78. The maximum absolute atomic E-state index is 14.3. The van der Waals surface area contributed by atoms with Crippen LogP contribution in [0.4, 0.5) is 4.39 Å². The second kappa shape index (κ2) is 7.11. The van der Waals surface area contributed by atoms with Crippen LogP contribution in [0.5, 0.6) is 5.75 Å². The van der Waals surface area contributed by atoms with Crippen molar-refractivity contribution in [1.82, 2.24) is 0 Å². The molecular weight excluding hydrogens is 311 g/mol. The van der Waals surface area contributed by atoms with E-state index >= 15 is 0 Å². The summed E-state index contributed by atoms with van der Waals surface area (Å²) in [7, 11) is 0. The highest BCUT2D eigenvalue weighted by Crippen LogP contribution is 2.26. The molecule has 0 N–H and O–H groups in total. The summed E-state index contributed by atoms with van der Waals surface area (Å²) in [5.74, 6) is -0.700. The van der Waals surface area contributed by atoms with E-state index in [2.05, 4.69) is 0 Å². The molecular formula is C19H19FO4. The van der Waals surface area contributed by atoms with Gasteiger partial charge in [-0.1, -0.05) is 30.7 Å². The van der Waals surface area contributed by atoms with Crippen LogP contribution in [0.1, 0.15) is 34.7 Å². The summed E-state index contributed by atoms with van der Waals surface area (Å²) in [5.41, 5.74) is 1.47. The fourth-order valence-corrected chi connectivity index (χ4v) is 2.40. The van der Waals surface area contributed by atoms with Crippen molar-refractivity contribution in [2.24, 2.45) is 5.92 Å². The molecule has 1 fully saturated rings. The molecule has 1 saturated heterocycles. The van der Waals surface area contributed by atoms with Gasteiger partial charge in [0.2, 0.25) is 0 Å². The van der Waals surface area contributed by atoms with Gasteiger partial charge in [-0.05, 0) is 31.2 Å². The van der Waals surface area contributed by atoms with E-state index < -0.39 is 18.1 Å². The topological polar surface area (TPSA) is 44.8 Å². The minimum absolute atomic E-state index is 0.122. The molecule has 1 heterocycles. The monoisotopic (exact) mass is 330 g/mol. The van der Waals surface area contributed by atoms with Crippen molar-refractivity contribution in [2.75, 3.05) is 13.2 Å². The fraction of sp³-hybridized carbons (Fsp3) is 0.316. The third kappa shape index (κ3) is 3.80. The van der Waals surface area contributed by atoms with Crippen molar-refractivity contribution in [2.45, 2.75) is 20.1 Å². The number of halogens is 1. The Hall–Kier alpha value is -2.24. The summed E-state index contributed by atoms with van der Waals surface area (Å²) in [5, 5.41) is 0. The highest BCUT2D eigenvalue weighted by atomic mass is 19.1. The predicted octanol–water partition coefficient (Wildman–Crippen LogP) is 4.03. The smallest absolute Gasteiger partial charge is 0.346 e. The van der Waals surface area contributed by atoms with Crippen LogP contribution in [-0.4, -0.2) is 19.2 Å². The molecule has 0 unspecified atom stereocenters. The van der Waals surface area contributed by atoms with E-state index in [-0.39, 0.29) is 5.56 Å². The summed E-state index contributed by atoms with van der Waals surface area (Å²) >= 11 is 0. The molecule has 2 aromatic rings. The lowest BCUT2D eigenvalue weighted by molar-refractivity contribution is -0.202. The van der Waals surface area contributed by atoms with Gasteiger partial charge in [-0.3, -0.25) is 0 Å². The van der Waals surface area contributed by atoms with Crippen molar-refractivity contribution in [3.8, 4) is 5.75 Å². The van der Waals surface area contributed by atoms with Crippen LogP contribution >= 0.6 is 0 Å². The van der Waals surface area contributed by atoms with Crippen LogP contribution in [0.25, 0.3) is 0 Å². The van der Waals surface area contributed by atoms with Crippen LogP contribution in [0.3, 0.4) is 0 Å². The van der Waals surface area contributed by atoms with E-state index in [0.717, 1.165) is 5.56 Å². The first-order valence-corrected chi connectivity index (χ1v) is 7.84. The molecule has 5 heteroatoms. The van der Waals surface area contributed by atoms with Gasteiger partial charge in [0, 0.05) is 11.5 Å². The van der Waals surface area contributed by atoms with Crippen molar-refractivity contribution in [3.05, 3.63) is 65.0 Å². The van der Waals surface area contributed by atoms with Gasteiger partial charge >= 0.3 is 5.97 Å². The molecule has 126 valence electrons. The zero-order valence-electron chi connectivity index (χ0n) is 13.6. The molecule has 1 aliphatic heterocycles. The Balaban J connectivity index is 1.72. The maximum atomic E-state index is 14.3. The maximum Gasteiger partial charge on any atom is 0.346 e. The molecule has 4 nitrogen and oxygen atoms in total. The first-order chi connectivity index (χ1) is 11.5. The van der Waals surface area contributed by atoms with Gasteiger partial charge in [-0.25, -0.2) is 9.18 Å². The Morgan fingerprint density at radius 3 is 2.42 bits per heavy atom. The molecule has 0 radical (unpaired) electrons. The molecule has 0 bridgehead atoms. The molecule has 0 amide bonds. The van der Waals surface area contributed by atoms with Gasteiger partial charge in [0.15, 0.2) is 6.29 Å². The quantitative estimate of drug-likeness (QED) is 0.629. The van der Waals surface area contributed by atoms with Gasteiger partial charge in [0.1, 0.15) is 11.6 Å². The van der Waals surface area contributed by atoms with Crippen molar-refractivity contribution >= 4 is 5.97 Å². The van der Waals surface area contributed by atoms with Crippen LogP contribution in [-0.2, 0) is 9.47 Å². The lowest BCUT2D eigenvalue weighted by Crippen LogP contribution is -2.25. The van der Waals surface area contributed by atoms with Gasteiger partial charge < -0.3 is 14.2 Å². The number of hydrogen-bond acceptors (Lipinski definition) is 4. The van der Waals surface area contributed by atoms with Gasteiger partial charge in [0.25, 0.3) is 0 Å². The lowest BCUT2D eigenvalue weighted by Gasteiger charge is -2.27. The number of benzene rings is 2. The first kappa shape index (κ1) is 16.6. The minimum atomic E-state index is -0.734. The van der Waals surface area contributed by atoms with Crippen molar-refractivity contribution in [3.63, 3.8) is 0 Å². The SMILES string of the molecule is Cc1ccc(OC(=O)c2ccc(C3OCC(C)CO3)cc2F)cc1. The minimum Gasteiger partial charge on any atom is -0.423 e. The van der Waals surface area contributed by atoms with E-state index in [0.29, 0.717) is 30.4 Å². The number of ether oxygens (including phenoxy) is 3. The number of carbonyl (C=O) groups is 1. The van der Waals surface area contributed by atoms with Crippen LogP contribution in [0, 0.1) is 18.7 Å². The van der Waals surface area contributed by atoms with Crippen LogP contribution < -0.4 is 4.74 Å². The molecule has 2 aromatic carbocycles. The van der Waals surface area contributed by atoms with Gasteiger partial charge in [-0.15, -0.1) is 0 Å². The lowest BCUT2D eigenvalue weighted by atomic mass is 10.1. The Labute approximate surface area is 140 Å². The highest BCUT2D eigenvalue weighted by molar-refractivity contribution is 5.91. The van der Waals surface area contributed by atoms with Gasteiger partial charge in [-0.2, -0.15) is 0 Å². The zero-order valence-corrected chi connectivity index (χ0v) is 13.6. The second-order valence-electron chi connectivity index (χ2n) is 6.05. The molecule has 0 aromatic heterocycles. The Bertz CT molecular complexity index is 719. The third-order valence-corrected chi connectivity index (χ3v) is 3.78. The van der Waals surface area contributed by atoms with E-state index in [1.165, 1.54) is 12.1 Å². The predicted molar refractivity (Wildman–Crippen MR) is 86.3 cm³/mol. The summed E-state index contributed by atoms with van der Waals surface area (Å²) < 4.78 is 30.5. The van der Waals surface area contributed by atoms with E-state index in [1.54, 1.807) is 18.2 Å². The highest BCUT2D eigenvalue weighted by Gasteiger charge is 2.23. The van der Waals surface area contributed by atoms with Crippen LogP contribution in [0.2, 0.25) is 0 Å². The number of esters is 1. The molecule has 3 rings (SSSR count). The number of carbonyl (C=O) groups excluding carboxylic acids is 1. The average molecular weight is 330 g/mol. The standard InChI is InChI=1S/C19H19FO4/c1-12-3-6-15(7-4-12)24-18(21)16-8-5-14(9-17(16)20)19-22-10-13(2)11-23-19/h3-9,13,19H,10-11H2,1-2H3. The molecule has 1 aliphatic rings. The molecule has 0 aliphatic carbocycles. The van der Waals surface area contributed by atoms with E-state index in [9.17, 15) is 9.18 Å². The Morgan fingerprint density at radius 2 is 1.79 bits per heavy atom. The second-order valence-corrected chi connectivity index (χ2v) is 6.05. The number of hydrogen-bond donors (Lipinski definition) is 0. The summed E-state index contributed by atoms with van der Waals surface area (Å²) in [6, 6.07) is 11.3. The molecule has 0 spiro atoms. The summed E-state index contributed by atoms with van der Waals surface area (Å²) in [4.78, 5) is 12.1. The molecule has 0 atom stereocenters. The van der Waals surface area contributed by atoms with E-state index in [4.69, 9.17) is 14.2 Å². The Morgan fingerprint density at radius 1 is 1.12 bits per heavy atom. The largest absolute Gasteiger partial charge is 0.423 e. The Kier molecular flexibility index (Phi) is 4.92. The molecule has 0 saturated carbocycles. The summed E-state index contributed by atoms with van der Waals surface area (Å²) in [6.45, 7) is 5.06. The fourth-order valence-electron chi connectivity index (χ4n) is 2.40. The first-order valence-electron chi connectivity index (χ1n) is 7.84. The normalized spacial score (nSPS) is 20.6. The average Bonchev–Trinajstić information content (AvgIpc) is 2.57.